The molecule has 0 radical (unpaired) electrons. The second kappa shape index (κ2) is 27.2. The van der Waals surface area contributed by atoms with Crippen molar-refractivity contribution >= 4 is 115 Å². The molecule has 28 heteroatoms. The van der Waals surface area contributed by atoms with E-state index >= 15 is 0 Å². The van der Waals surface area contributed by atoms with Gasteiger partial charge in [0.25, 0.3) is 5.91 Å². The Kier molecular flexibility index (Phi) is 19.7. The molecule has 22 nitrogen and oxygen atoms in total. The Morgan fingerprint density at radius 1 is 0.783 bits per heavy atom. The van der Waals surface area contributed by atoms with Crippen molar-refractivity contribution in [3.63, 3.8) is 0 Å². The number of ketones is 1. The van der Waals surface area contributed by atoms with Crippen LogP contribution in [0.15, 0.2) is 70.6 Å². The van der Waals surface area contributed by atoms with E-state index in [9.17, 15) is 33.9 Å². The average molecular weight is 1240 g/mol. The molecule has 8 heterocycles. The molecule has 0 aliphatic carbocycles. The number of hydrogen-bond donors (Lipinski definition) is 7. The van der Waals surface area contributed by atoms with Gasteiger partial charge in [-0.3, -0.25) is 29.3 Å². The minimum absolute atomic E-state index is 0.0453. The predicted octanol–water partition coefficient (Wildman–Crippen LogP) is 9.10. The summed E-state index contributed by atoms with van der Waals surface area (Å²) in [5, 5.41) is 38.8. The molecule has 83 heavy (non-hydrogen) atoms. The Balaban J connectivity index is 1.10. The summed E-state index contributed by atoms with van der Waals surface area (Å²) in [7, 11) is 4.36. The van der Waals surface area contributed by atoms with E-state index in [2.05, 4.69) is 48.2 Å². The number of thiazole rings is 6. The summed E-state index contributed by atoms with van der Waals surface area (Å²) in [6.45, 7) is 10.2. The van der Waals surface area contributed by atoms with Crippen LogP contribution in [-0.4, -0.2) is 110 Å². The van der Waals surface area contributed by atoms with Gasteiger partial charge in [-0.2, -0.15) is 0 Å². The number of aliphatic hydroxyl groups excluding tert-OH is 1. The van der Waals surface area contributed by atoms with Gasteiger partial charge >= 0.3 is 12.0 Å². The van der Waals surface area contributed by atoms with Crippen LogP contribution in [0.1, 0.15) is 121 Å². The van der Waals surface area contributed by atoms with Crippen LogP contribution in [0.4, 0.5) is 10.6 Å². The number of anilines is 1. The number of nitrogens with zero attached hydrogens (tertiary/aromatic N) is 7. The van der Waals surface area contributed by atoms with Gasteiger partial charge in [-0.25, -0.2) is 39.7 Å². The summed E-state index contributed by atoms with van der Waals surface area (Å²) >= 11 is 7.57. The summed E-state index contributed by atoms with van der Waals surface area (Å²) in [6.07, 6.45) is -0.798. The number of esters is 1. The number of Topliss-reactive ketones (excluding diaryl/α,β-unsaturated/α-hetero) is 1. The van der Waals surface area contributed by atoms with Crippen LogP contribution < -0.4 is 31.9 Å². The molecule has 432 valence electrons. The van der Waals surface area contributed by atoms with Crippen molar-refractivity contribution in [3.8, 4) is 43.4 Å². The predicted molar refractivity (Wildman–Crippen MR) is 321 cm³/mol. The van der Waals surface area contributed by atoms with E-state index in [0.717, 1.165) is 4.88 Å². The Labute approximate surface area is 500 Å². The number of amides is 5. The topological polar surface area (TPSA) is 304 Å². The largest absolute Gasteiger partial charge is 0.469 e. The van der Waals surface area contributed by atoms with Crippen molar-refractivity contribution < 1.29 is 43.3 Å². The fourth-order valence-corrected chi connectivity index (χ4v) is 14.3. The first-order valence-electron chi connectivity index (χ1n) is 25.9. The van der Waals surface area contributed by atoms with E-state index in [1.54, 1.807) is 66.6 Å². The number of aliphatic hydroxyl groups is 1. The molecule has 1 aromatic carbocycles. The number of nitrogens with one attached hydrogen (secondary N) is 6. The van der Waals surface area contributed by atoms with Gasteiger partial charge in [0.1, 0.15) is 77.2 Å². The Morgan fingerprint density at radius 2 is 1.51 bits per heavy atom. The Morgan fingerprint density at radius 3 is 2.27 bits per heavy atom. The maximum absolute atomic E-state index is 14.4. The van der Waals surface area contributed by atoms with E-state index < -0.39 is 36.0 Å². The number of aromatic nitrogens is 7. The quantitative estimate of drug-likeness (QED) is 0.0418. The fourth-order valence-electron chi connectivity index (χ4n) is 8.68. The van der Waals surface area contributed by atoms with E-state index in [1.165, 1.54) is 82.2 Å². The highest BCUT2D eigenvalue weighted by Gasteiger charge is 2.32. The lowest BCUT2D eigenvalue weighted by Crippen LogP contribution is -2.38. The summed E-state index contributed by atoms with van der Waals surface area (Å²) in [5.41, 5.74) is 3.90. The Hall–Kier alpha value is -7.57. The third-order valence-corrected chi connectivity index (χ3v) is 18.8. The van der Waals surface area contributed by atoms with Gasteiger partial charge in [-0.1, -0.05) is 50.8 Å². The van der Waals surface area contributed by atoms with Gasteiger partial charge in [0.2, 0.25) is 11.8 Å². The van der Waals surface area contributed by atoms with Gasteiger partial charge in [0.05, 0.1) is 54.0 Å². The lowest BCUT2D eigenvalue weighted by molar-refractivity contribution is -0.140. The van der Waals surface area contributed by atoms with Gasteiger partial charge in [0.15, 0.2) is 5.78 Å². The van der Waals surface area contributed by atoms with Crippen LogP contribution >= 0.6 is 68.0 Å². The van der Waals surface area contributed by atoms with Crippen LogP contribution in [0.2, 0.25) is 0 Å². The lowest BCUT2D eigenvalue weighted by atomic mass is 9.90. The summed E-state index contributed by atoms with van der Waals surface area (Å²) in [4.78, 5) is 116. The molecule has 1 aliphatic heterocycles. The molecular formula is C55H57N13O9S6. The van der Waals surface area contributed by atoms with Crippen molar-refractivity contribution in [2.75, 3.05) is 39.7 Å². The third-order valence-electron chi connectivity index (χ3n) is 13.0. The molecule has 5 amide bonds. The minimum Gasteiger partial charge on any atom is -0.469 e. The van der Waals surface area contributed by atoms with Crippen LogP contribution in [-0.2, 0) is 30.5 Å². The molecule has 9 rings (SSSR count). The molecule has 0 fully saturated rings. The van der Waals surface area contributed by atoms with Crippen LogP contribution in [0.25, 0.3) is 49.1 Å². The zero-order valence-electron chi connectivity index (χ0n) is 45.7. The highest BCUT2D eigenvalue weighted by atomic mass is 32.1. The monoisotopic (exact) mass is 1240 g/mol. The standard InChI is InChI=1S/C55H57N13O9S6/c1-26(2)31-18-37(69)44-28(4)82-53(68-44)33(19-40(70)56-5)60-48(74)35-23-78-49(62-35)30-15-16-32(51-64-39(25-81-51)65-55(75)57-17-11-14-42(72)77-7)59-45(30)34-22-79-52(61-34)36-24-80-54(63-36)46(47(73)29-12-9-8-10-13-29)66-41(71)20-58-27(3)43-38(21-76-6)83-50(31)67-43/h8-10,12-13,15-16,22-26,31,33,46-47,58,73H,3,11,14,17-21H2,1-2,4-7H3,(H,56,70)(H,60,74)(H,66,71)(H2,57,65,75)/t31-,33+,46+,47+/m1/s1. The second-order valence-corrected chi connectivity index (χ2v) is 25.0. The molecule has 0 saturated heterocycles. The maximum atomic E-state index is 14.4. The number of aryl methyl sites for hydroxylation is 1. The van der Waals surface area contributed by atoms with Crippen molar-refractivity contribution in [1.82, 2.24) is 61.5 Å². The number of urea groups is 1. The number of hydrogen-bond acceptors (Lipinski definition) is 23. The molecule has 8 aromatic rings. The van der Waals surface area contributed by atoms with E-state index in [-0.39, 0.29) is 85.7 Å². The number of ether oxygens (including phenoxy) is 2. The zero-order chi connectivity index (χ0) is 58.9. The molecule has 7 aromatic heterocycles. The average Bonchev–Trinajstić information content (AvgIpc) is 4.57. The number of pyridine rings is 1. The molecule has 0 unspecified atom stereocenters. The highest BCUT2D eigenvalue weighted by Crippen LogP contribution is 2.41. The van der Waals surface area contributed by atoms with E-state index in [4.69, 9.17) is 34.6 Å². The van der Waals surface area contributed by atoms with Gasteiger partial charge < -0.3 is 41.2 Å². The number of benzene rings is 1. The Bertz CT molecular complexity index is 3680. The smallest absolute Gasteiger partial charge is 0.320 e. The number of carbonyl (C=O) groups is 6. The first kappa shape index (κ1) is 60.0. The normalized spacial score (nSPS) is 16.3. The maximum Gasteiger partial charge on any atom is 0.320 e. The highest BCUT2D eigenvalue weighted by molar-refractivity contribution is 7.15. The van der Waals surface area contributed by atoms with Gasteiger partial charge in [-0.15, -0.1) is 68.0 Å². The molecule has 10 bridgehead atoms. The molecule has 7 N–H and O–H groups in total. The van der Waals surface area contributed by atoms with Crippen molar-refractivity contribution in [2.24, 2.45) is 5.92 Å². The van der Waals surface area contributed by atoms with Gasteiger partial charge in [-0.05, 0) is 37.0 Å². The zero-order valence-corrected chi connectivity index (χ0v) is 50.6. The number of rotatable bonds is 13. The third kappa shape index (κ3) is 14.4. The molecule has 0 spiro atoms. The van der Waals surface area contributed by atoms with Gasteiger partial charge in [0, 0.05) is 71.4 Å². The summed E-state index contributed by atoms with van der Waals surface area (Å²) in [6, 6.07) is 10.1. The molecular weight excluding hydrogens is 1180 g/mol. The lowest BCUT2D eigenvalue weighted by Gasteiger charge is -2.23. The minimum atomic E-state index is -1.21. The van der Waals surface area contributed by atoms with Crippen LogP contribution in [0.3, 0.4) is 0 Å². The van der Waals surface area contributed by atoms with Crippen molar-refractivity contribution in [1.29, 1.82) is 0 Å². The molecule has 1 aliphatic rings. The van der Waals surface area contributed by atoms with Crippen LogP contribution in [0.5, 0.6) is 0 Å². The van der Waals surface area contributed by atoms with Crippen molar-refractivity contribution in [2.45, 2.75) is 77.2 Å². The number of carbonyl (C=O) groups excluding carboxylic acids is 6. The fraction of sp³-hybridized carbons (Fsp3) is 0.327. The van der Waals surface area contributed by atoms with E-state index in [1.807, 2.05) is 25.3 Å². The first-order valence-corrected chi connectivity index (χ1v) is 31.1. The number of methoxy groups -OCH3 is 2. The van der Waals surface area contributed by atoms with Crippen LogP contribution in [0, 0.1) is 12.8 Å². The first-order chi connectivity index (χ1) is 40.0. The second-order valence-electron chi connectivity index (χ2n) is 19.2. The van der Waals surface area contributed by atoms with Crippen molar-refractivity contribution in [3.05, 3.63) is 118 Å². The number of fused-ring (bicyclic) bond motifs is 14. The molecule has 0 saturated carbocycles. The SMILES string of the molecule is C=C1NCC(=O)N[C@@H]([C@@H](O)c2ccccc2)c2nc(cs2)-c2nc(cs2)-c2nc(-c3nc(NC(=O)NCCCC(=O)OC)cs3)ccc2-c2nc(cs2)C(=O)N[C@@H](CC(=O)NC)c2nc(c(C)s2)C(=O)C[C@H](C(C)C)c2nc1c(COC)s2. The summed E-state index contributed by atoms with van der Waals surface area (Å²) < 4.78 is 10.2. The summed E-state index contributed by atoms with van der Waals surface area (Å²) in [5.74, 6) is -2.18. The van der Waals surface area contributed by atoms with E-state index in [0.29, 0.717) is 86.6 Å². The molecule has 4 atom stereocenters.